The smallest absolute Gasteiger partial charge is 0.164 e. The molecule has 0 bridgehead atoms. The molecular formula is C12H16N4. The van der Waals surface area contributed by atoms with E-state index in [1.807, 2.05) is 11.6 Å². The number of aromatic nitrogens is 3. The zero-order valence-electron chi connectivity index (χ0n) is 9.86. The van der Waals surface area contributed by atoms with E-state index in [-0.39, 0.29) is 0 Å². The Morgan fingerprint density at radius 3 is 2.62 bits per heavy atom. The van der Waals surface area contributed by atoms with Crippen LogP contribution in [0.1, 0.15) is 17.0 Å². The van der Waals surface area contributed by atoms with E-state index in [1.54, 1.807) is 0 Å². The van der Waals surface area contributed by atoms with Gasteiger partial charge in [0, 0.05) is 12.6 Å². The summed E-state index contributed by atoms with van der Waals surface area (Å²) >= 11 is 0. The molecule has 0 unspecified atom stereocenters. The molecule has 1 heterocycles. The van der Waals surface area contributed by atoms with Crippen LogP contribution in [0.2, 0.25) is 0 Å². The predicted molar refractivity (Wildman–Crippen MR) is 63.8 cm³/mol. The van der Waals surface area contributed by atoms with Crippen molar-refractivity contribution in [1.29, 1.82) is 0 Å². The van der Waals surface area contributed by atoms with Gasteiger partial charge in [0.1, 0.15) is 5.82 Å². The first-order valence-corrected chi connectivity index (χ1v) is 5.29. The third-order valence-electron chi connectivity index (χ3n) is 2.78. The van der Waals surface area contributed by atoms with Crippen molar-refractivity contribution in [1.82, 2.24) is 14.8 Å². The second kappa shape index (κ2) is 4.06. The molecule has 0 atom stereocenters. The lowest BCUT2D eigenvalue weighted by Crippen LogP contribution is -2.05. The Kier molecular flexibility index (Phi) is 2.75. The van der Waals surface area contributed by atoms with Crippen LogP contribution in [0.3, 0.4) is 0 Å². The zero-order chi connectivity index (χ0) is 11.7. The first kappa shape index (κ1) is 10.8. The number of nitrogens with zero attached hydrogens (tertiary/aromatic N) is 3. The van der Waals surface area contributed by atoms with E-state index in [0.717, 1.165) is 17.2 Å². The Morgan fingerprint density at radius 1 is 1.25 bits per heavy atom. The fraction of sp³-hybridized carbons (Fsp3) is 0.333. The van der Waals surface area contributed by atoms with Gasteiger partial charge < -0.3 is 10.3 Å². The van der Waals surface area contributed by atoms with Crippen LogP contribution in [-0.2, 0) is 13.6 Å². The third kappa shape index (κ3) is 1.72. The highest BCUT2D eigenvalue weighted by Crippen LogP contribution is 2.22. The molecule has 4 heteroatoms. The topological polar surface area (TPSA) is 56.7 Å². The summed E-state index contributed by atoms with van der Waals surface area (Å²) in [6.45, 7) is 4.56. The van der Waals surface area contributed by atoms with Crippen LogP contribution in [0.4, 0.5) is 0 Å². The number of aryl methyl sites for hydroxylation is 2. The van der Waals surface area contributed by atoms with Crippen molar-refractivity contribution in [3.05, 3.63) is 35.2 Å². The van der Waals surface area contributed by atoms with Crippen LogP contribution >= 0.6 is 0 Å². The third-order valence-corrected chi connectivity index (χ3v) is 2.78. The average molecular weight is 216 g/mol. The average Bonchev–Trinajstić information content (AvgIpc) is 2.63. The summed E-state index contributed by atoms with van der Waals surface area (Å²) in [5.74, 6) is 1.68. The number of nitrogens with two attached hydrogens (primary N) is 1. The molecule has 84 valence electrons. The first-order valence-electron chi connectivity index (χ1n) is 5.29. The zero-order valence-corrected chi connectivity index (χ0v) is 9.86. The number of benzene rings is 1. The molecule has 0 radical (unpaired) electrons. The van der Waals surface area contributed by atoms with E-state index in [2.05, 4.69) is 42.2 Å². The van der Waals surface area contributed by atoms with Gasteiger partial charge in [-0.1, -0.05) is 17.7 Å². The molecule has 2 aromatic rings. The molecule has 0 amide bonds. The van der Waals surface area contributed by atoms with Gasteiger partial charge in [0.25, 0.3) is 0 Å². The molecule has 0 spiro atoms. The maximum atomic E-state index is 5.59. The van der Waals surface area contributed by atoms with Crippen molar-refractivity contribution in [2.45, 2.75) is 20.4 Å². The molecule has 1 aromatic carbocycles. The Morgan fingerprint density at radius 2 is 2.00 bits per heavy atom. The van der Waals surface area contributed by atoms with Crippen LogP contribution in [-0.4, -0.2) is 14.8 Å². The summed E-state index contributed by atoms with van der Waals surface area (Å²) in [4.78, 5) is 0. The van der Waals surface area contributed by atoms with Crippen molar-refractivity contribution >= 4 is 0 Å². The highest BCUT2D eigenvalue weighted by molar-refractivity contribution is 5.61. The molecule has 0 aliphatic rings. The summed E-state index contributed by atoms with van der Waals surface area (Å²) in [6.07, 6.45) is 0. The van der Waals surface area contributed by atoms with Crippen molar-refractivity contribution in [2.75, 3.05) is 0 Å². The minimum Gasteiger partial charge on any atom is -0.324 e. The van der Waals surface area contributed by atoms with Crippen LogP contribution in [0.25, 0.3) is 11.4 Å². The van der Waals surface area contributed by atoms with Gasteiger partial charge in [-0.15, -0.1) is 10.2 Å². The van der Waals surface area contributed by atoms with Gasteiger partial charge in [0.2, 0.25) is 0 Å². The molecular weight excluding hydrogens is 200 g/mol. The minimum atomic E-state index is 0.411. The highest BCUT2D eigenvalue weighted by Gasteiger charge is 2.11. The van der Waals surface area contributed by atoms with E-state index >= 15 is 0 Å². The normalized spacial score (nSPS) is 10.8. The van der Waals surface area contributed by atoms with E-state index in [9.17, 15) is 0 Å². The largest absolute Gasteiger partial charge is 0.324 e. The second-order valence-corrected chi connectivity index (χ2v) is 4.02. The fourth-order valence-electron chi connectivity index (χ4n) is 1.75. The molecule has 1 aromatic heterocycles. The van der Waals surface area contributed by atoms with Gasteiger partial charge in [-0.05, 0) is 25.5 Å². The van der Waals surface area contributed by atoms with Gasteiger partial charge in [-0.2, -0.15) is 0 Å². The van der Waals surface area contributed by atoms with Crippen molar-refractivity contribution in [3.8, 4) is 11.4 Å². The van der Waals surface area contributed by atoms with Gasteiger partial charge >= 0.3 is 0 Å². The fourth-order valence-corrected chi connectivity index (χ4v) is 1.75. The SMILES string of the molecule is Cc1ccc(C)c(-c2nnc(CN)n2C)c1. The molecule has 0 saturated heterocycles. The van der Waals surface area contributed by atoms with E-state index < -0.39 is 0 Å². The quantitative estimate of drug-likeness (QED) is 0.828. The van der Waals surface area contributed by atoms with Crippen LogP contribution in [0.5, 0.6) is 0 Å². The summed E-state index contributed by atoms with van der Waals surface area (Å²) < 4.78 is 1.95. The summed E-state index contributed by atoms with van der Waals surface area (Å²) in [7, 11) is 1.94. The van der Waals surface area contributed by atoms with Gasteiger partial charge in [-0.25, -0.2) is 0 Å². The van der Waals surface area contributed by atoms with E-state index in [0.29, 0.717) is 6.54 Å². The van der Waals surface area contributed by atoms with Crippen LogP contribution < -0.4 is 5.73 Å². The van der Waals surface area contributed by atoms with Crippen molar-refractivity contribution < 1.29 is 0 Å². The molecule has 2 rings (SSSR count). The predicted octanol–water partition coefficient (Wildman–Crippen LogP) is 1.56. The lowest BCUT2D eigenvalue weighted by atomic mass is 10.1. The Labute approximate surface area is 95.1 Å². The maximum Gasteiger partial charge on any atom is 0.164 e. The van der Waals surface area contributed by atoms with Crippen LogP contribution in [0.15, 0.2) is 18.2 Å². The number of rotatable bonds is 2. The molecule has 2 N–H and O–H groups in total. The molecule has 0 saturated carbocycles. The van der Waals surface area contributed by atoms with Gasteiger partial charge in [0.05, 0.1) is 6.54 Å². The van der Waals surface area contributed by atoms with E-state index in [4.69, 9.17) is 5.73 Å². The second-order valence-electron chi connectivity index (χ2n) is 4.02. The first-order chi connectivity index (χ1) is 7.63. The van der Waals surface area contributed by atoms with E-state index in [1.165, 1.54) is 11.1 Å². The van der Waals surface area contributed by atoms with Crippen LogP contribution in [0, 0.1) is 13.8 Å². The summed E-state index contributed by atoms with van der Waals surface area (Å²) in [5, 5.41) is 8.26. The molecule has 0 aliphatic heterocycles. The number of hydrogen-bond donors (Lipinski definition) is 1. The summed E-state index contributed by atoms with van der Waals surface area (Å²) in [5.41, 5.74) is 9.13. The molecule has 0 aliphatic carbocycles. The molecule has 0 fully saturated rings. The lowest BCUT2D eigenvalue weighted by molar-refractivity contribution is 0.796. The van der Waals surface area contributed by atoms with Gasteiger partial charge in [0.15, 0.2) is 5.82 Å². The summed E-state index contributed by atoms with van der Waals surface area (Å²) in [6, 6.07) is 6.32. The van der Waals surface area contributed by atoms with Gasteiger partial charge in [-0.3, -0.25) is 0 Å². The standard InChI is InChI=1S/C12H16N4/c1-8-4-5-9(2)10(6-8)12-15-14-11(7-13)16(12)3/h4-6H,7,13H2,1-3H3. The molecule has 16 heavy (non-hydrogen) atoms. The van der Waals surface area contributed by atoms with Crippen molar-refractivity contribution in [2.24, 2.45) is 12.8 Å². The number of hydrogen-bond acceptors (Lipinski definition) is 3. The Hall–Kier alpha value is -1.68. The lowest BCUT2D eigenvalue weighted by Gasteiger charge is -2.07. The monoisotopic (exact) mass is 216 g/mol. The Balaban J connectivity index is 2.58. The highest BCUT2D eigenvalue weighted by atomic mass is 15.3. The minimum absolute atomic E-state index is 0.411. The maximum absolute atomic E-state index is 5.59. The molecule has 4 nitrogen and oxygen atoms in total. The Bertz CT molecular complexity index is 514. The van der Waals surface area contributed by atoms with Crippen molar-refractivity contribution in [3.63, 3.8) is 0 Å².